The van der Waals surface area contributed by atoms with Crippen molar-refractivity contribution in [2.24, 2.45) is 0 Å². The van der Waals surface area contributed by atoms with E-state index in [1.807, 2.05) is 0 Å². The van der Waals surface area contributed by atoms with Gasteiger partial charge < -0.3 is 10.5 Å². The first-order valence-electron chi connectivity index (χ1n) is 4.58. The zero-order valence-corrected chi connectivity index (χ0v) is 8.67. The minimum absolute atomic E-state index is 0.162. The van der Waals surface area contributed by atoms with Crippen molar-refractivity contribution in [2.75, 3.05) is 18.9 Å². The summed E-state index contributed by atoms with van der Waals surface area (Å²) >= 11 is 0. The third-order valence-corrected chi connectivity index (χ3v) is 1.81. The molecule has 90 valence electrons. The zero-order chi connectivity index (χ0) is 12.2. The highest BCUT2D eigenvalue weighted by Crippen LogP contribution is 2.20. The first-order chi connectivity index (χ1) is 7.38. The lowest BCUT2D eigenvalue weighted by atomic mass is 10.2. The molecule has 2 N–H and O–H groups in total. The van der Waals surface area contributed by atoms with Crippen molar-refractivity contribution >= 4 is 5.69 Å². The van der Waals surface area contributed by atoms with Crippen LogP contribution in [0.2, 0.25) is 0 Å². The standard InChI is InChI=1S/C10H12F3NO2/c1-7-6-8(14)2-3-9(7)15-4-5-16-10(11,12)13/h2-3,6H,4-5,14H2,1H3. The number of anilines is 1. The third kappa shape index (κ3) is 4.39. The number of hydrogen-bond acceptors (Lipinski definition) is 3. The summed E-state index contributed by atoms with van der Waals surface area (Å²) in [5, 5.41) is 0. The van der Waals surface area contributed by atoms with Gasteiger partial charge >= 0.3 is 6.36 Å². The smallest absolute Gasteiger partial charge is 0.491 e. The van der Waals surface area contributed by atoms with E-state index in [-0.39, 0.29) is 6.61 Å². The molecular weight excluding hydrogens is 223 g/mol. The molecular formula is C10H12F3NO2. The molecule has 0 heterocycles. The van der Waals surface area contributed by atoms with E-state index in [2.05, 4.69) is 4.74 Å². The second-order valence-electron chi connectivity index (χ2n) is 3.17. The summed E-state index contributed by atoms with van der Waals surface area (Å²) in [7, 11) is 0. The molecule has 0 saturated heterocycles. The van der Waals surface area contributed by atoms with Crippen LogP contribution in [0.25, 0.3) is 0 Å². The highest BCUT2D eigenvalue weighted by atomic mass is 19.4. The largest absolute Gasteiger partial charge is 0.522 e. The molecule has 0 aliphatic rings. The normalized spacial score (nSPS) is 11.5. The summed E-state index contributed by atoms with van der Waals surface area (Å²) in [6.45, 7) is 1.06. The van der Waals surface area contributed by atoms with Crippen LogP contribution in [0.3, 0.4) is 0 Å². The Hall–Kier alpha value is -1.43. The molecule has 0 aromatic heterocycles. The van der Waals surface area contributed by atoms with E-state index in [1.165, 1.54) is 0 Å². The van der Waals surface area contributed by atoms with Crippen molar-refractivity contribution in [2.45, 2.75) is 13.3 Å². The molecule has 3 nitrogen and oxygen atoms in total. The van der Waals surface area contributed by atoms with Crippen LogP contribution in [-0.4, -0.2) is 19.6 Å². The fourth-order valence-corrected chi connectivity index (χ4v) is 1.14. The lowest BCUT2D eigenvalue weighted by Crippen LogP contribution is -2.18. The summed E-state index contributed by atoms with van der Waals surface area (Å²) in [5.74, 6) is 0.500. The second-order valence-corrected chi connectivity index (χ2v) is 3.17. The fourth-order valence-electron chi connectivity index (χ4n) is 1.14. The summed E-state index contributed by atoms with van der Waals surface area (Å²) in [6, 6.07) is 4.91. The molecule has 0 amide bonds. The van der Waals surface area contributed by atoms with Crippen LogP contribution in [0.1, 0.15) is 5.56 Å². The lowest BCUT2D eigenvalue weighted by molar-refractivity contribution is -0.325. The van der Waals surface area contributed by atoms with Gasteiger partial charge in [-0.2, -0.15) is 0 Å². The van der Waals surface area contributed by atoms with E-state index in [9.17, 15) is 13.2 Å². The van der Waals surface area contributed by atoms with Crippen LogP contribution in [0, 0.1) is 6.92 Å². The average molecular weight is 235 g/mol. The van der Waals surface area contributed by atoms with E-state index in [4.69, 9.17) is 10.5 Å². The number of hydrogen-bond donors (Lipinski definition) is 1. The molecule has 0 fully saturated rings. The summed E-state index contributed by atoms with van der Waals surface area (Å²) < 4.78 is 43.5. The van der Waals surface area contributed by atoms with E-state index >= 15 is 0 Å². The van der Waals surface area contributed by atoms with Gasteiger partial charge in [0.25, 0.3) is 0 Å². The molecule has 0 radical (unpaired) electrons. The number of nitrogens with two attached hydrogens (primary N) is 1. The van der Waals surface area contributed by atoms with Crippen molar-refractivity contribution in [1.82, 2.24) is 0 Å². The van der Waals surface area contributed by atoms with Crippen molar-refractivity contribution in [3.05, 3.63) is 23.8 Å². The van der Waals surface area contributed by atoms with Gasteiger partial charge in [0.05, 0.1) is 6.61 Å². The average Bonchev–Trinajstić information content (AvgIpc) is 2.13. The van der Waals surface area contributed by atoms with Gasteiger partial charge in [0.2, 0.25) is 0 Å². The topological polar surface area (TPSA) is 44.5 Å². The Morgan fingerprint density at radius 1 is 1.25 bits per heavy atom. The molecule has 0 unspecified atom stereocenters. The van der Waals surface area contributed by atoms with E-state index < -0.39 is 13.0 Å². The molecule has 16 heavy (non-hydrogen) atoms. The molecule has 1 aromatic carbocycles. The SMILES string of the molecule is Cc1cc(N)ccc1OCCOC(F)(F)F. The Balaban J connectivity index is 2.38. The van der Waals surface area contributed by atoms with Crippen molar-refractivity contribution in [3.63, 3.8) is 0 Å². The van der Waals surface area contributed by atoms with Gasteiger partial charge in [-0.15, -0.1) is 13.2 Å². The molecule has 1 aromatic rings. The maximum Gasteiger partial charge on any atom is 0.522 e. The number of nitrogen functional groups attached to an aromatic ring is 1. The number of aryl methyl sites for hydroxylation is 1. The zero-order valence-electron chi connectivity index (χ0n) is 8.67. The van der Waals surface area contributed by atoms with Crippen molar-refractivity contribution in [3.8, 4) is 5.75 Å². The number of alkyl halides is 3. The molecule has 0 bridgehead atoms. The van der Waals surface area contributed by atoms with Crippen LogP contribution < -0.4 is 10.5 Å². The number of benzene rings is 1. The highest BCUT2D eigenvalue weighted by Gasteiger charge is 2.28. The Morgan fingerprint density at radius 2 is 1.94 bits per heavy atom. The van der Waals surface area contributed by atoms with Gasteiger partial charge in [-0.25, -0.2) is 0 Å². The van der Waals surface area contributed by atoms with E-state index in [1.54, 1.807) is 25.1 Å². The number of rotatable bonds is 4. The lowest BCUT2D eigenvalue weighted by Gasteiger charge is -2.11. The van der Waals surface area contributed by atoms with Crippen LogP contribution in [0.5, 0.6) is 5.75 Å². The van der Waals surface area contributed by atoms with E-state index in [0.29, 0.717) is 11.4 Å². The van der Waals surface area contributed by atoms with Gasteiger partial charge in [0.15, 0.2) is 0 Å². The first-order valence-corrected chi connectivity index (χ1v) is 4.58. The Bertz CT molecular complexity index is 352. The Labute approximate surface area is 91.0 Å². The van der Waals surface area contributed by atoms with E-state index in [0.717, 1.165) is 5.56 Å². The van der Waals surface area contributed by atoms with Crippen LogP contribution in [-0.2, 0) is 4.74 Å². The summed E-state index contributed by atoms with van der Waals surface area (Å²) in [5.41, 5.74) is 6.86. The second kappa shape index (κ2) is 5.07. The molecule has 1 rings (SSSR count). The van der Waals surface area contributed by atoms with Gasteiger partial charge in [-0.1, -0.05) is 0 Å². The Morgan fingerprint density at radius 3 is 2.50 bits per heavy atom. The van der Waals surface area contributed by atoms with Gasteiger partial charge in [-0.3, -0.25) is 4.74 Å². The predicted molar refractivity (Wildman–Crippen MR) is 53.1 cm³/mol. The molecule has 6 heteroatoms. The number of ether oxygens (including phenoxy) is 2. The Kier molecular flexibility index (Phi) is 4.00. The molecule has 0 atom stereocenters. The predicted octanol–water partition coefficient (Wildman–Crippen LogP) is 2.49. The van der Waals surface area contributed by atoms with Gasteiger partial charge in [0.1, 0.15) is 12.4 Å². The number of halogens is 3. The fraction of sp³-hybridized carbons (Fsp3) is 0.400. The van der Waals surface area contributed by atoms with Crippen LogP contribution >= 0.6 is 0 Å². The maximum absolute atomic E-state index is 11.6. The minimum atomic E-state index is -4.61. The first kappa shape index (κ1) is 12.6. The summed E-state index contributed by atoms with van der Waals surface area (Å²) in [4.78, 5) is 0. The van der Waals surface area contributed by atoms with Crippen molar-refractivity contribution in [1.29, 1.82) is 0 Å². The molecule has 0 aliphatic carbocycles. The van der Waals surface area contributed by atoms with Gasteiger partial charge in [-0.05, 0) is 30.7 Å². The summed E-state index contributed by atoms with van der Waals surface area (Å²) in [6.07, 6.45) is -4.61. The minimum Gasteiger partial charge on any atom is -0.491 e. The molecule has 0 saturated carbocycles. The van der Waals surface area contributed by atoms with Crippen molar-refractivity contribution < 1.29 is 22.6 Å². The quantitative estimate of drug-likeness (QED) is 0.644. The molecule has 0 spiro atoms. The molecule has 0 aliphatic heterocycles. The third-order valence-electron chi connectivity index (χ3n) is 1.81. The maximum atomic E-state index is 11.6. The monoisotopic (exact) mass is 235 g/mol. The van der Waals surface area contributed by atoms with Crippen LogP contribution in [0.4, 0.5) is 18.9 Å². The van der Waals surface area contributed by atoms with Crippen LogP contribution in [0.15, 0.2) is 18.2 Å². The van der Waals surface area contributed by atoms with Gasteiger partial charge in [0, 0.05) is 5.69 Å². The highest BCUT2D eigenvalue weighted by molar-refractivity contribution is 5.47.